The minimum absolute atomic E-state index is 0.0274. The quantitative estimate of drug-likeness (QED) is 0.274. The number of carbonyl (C=O) groups is 2. The Labute approximate surface area is 214 Å². The van der Waals surface area contributed by atoms with Gasteiger partial charge in [-0.2, -0.15) is 0 Å². The molecule has 0 aliphatic heterocycles. The Morgan fingerprint density at radius 1 is 1.00 bits per heavy atom. The SMILES string of the molecule is COc1ccc(C(=O)CNCc2[nH]c3cc(C(=O)O)ccc3c2C2=CCCc3c(OC)cccc32)cc1. The normalized spacial score (nSPS) is 12.6. The van der Waals surface area contributed by atoms with Crippen LogP contribution in [-0.2, 0) is 13.0 Å². The molecular formula is C30H28N2O5. The molecule has 3 aromatic carbocycles. The summed E-state index contributed by atoms with van der Waals surface area (Å²) in [6.45, 7) is 0.565. The predicted octanol–water partition coefficient (Wildman–Crippen LogP) is 5.23. The molecule has 0 saturated carbocycles. The fourth-order valence-corrected chi connectivity index (χ4v) is 4.98. The number of methoxy groups -OCH3 is 2. The maximum atomic E-state index is 12.7. The molecule has 188 valence electrons. The number of allylic oxidation sites excluding steroid dienone is 1. The molecule has 0 amide bonds. The van der Waals surface area contributed by atoms with Crippen molar-refractivity contribution < 1.29 is 24.2 Å². The van der Waals surface area contributed by atoms with Crippen molar-refractivity contribution in [3.05, 3.63) is 100 Å². The van der Waals surface area contributed by atoms with Gasteiger partial charge in [-0.15, -0.1) is 0 Å². The summed E-state index contributed by atoms with van der Waals surface area (Å²) in [6, 6.07) is 18.2. The molecule has 0 saturated heterocycles. The van der Waals surface area contributed by atoms with Gasteiger partial charge in [-0.05, 0) is 66.4 Å². The average molecular weight is 497 g/mol. The van der Waals surface area contributed by atoms with Gasteiger partial charge in [0.05, 0.1) is 26.3 Å². The van der Waals surface area contributed by atoms with Crippen LogP contribution < -0.4 is 14.8 Å². The van der Waals surface area contributed by atoms with E-state index in [1.807, 2.05) is 18.2 Å². The number of carboxylic acid groups (broad SMARTS) is 1. The van der Waals surface area contributed by atoms with Crippen LogP contribution in [0.25, 0.3) is 16.5 Å². The molecule has 37 heavy (non-hydrogen) atoms. The molecule has 0 fully saturated rings. The number of carbonyl (C=O) groups excluding carboxylic acids is 1. The lowest BCUT2D eigenvalue weighted by Gasteiger charge is -2.21. The number of ketones is 1. The van der Waals surface area contributed by atoms with E-state index < -0.39 is 5.97 Å². The number of carboxylic acids is 1. The van der Waals surface area contributed by atoms with Crippen LogP contribution in [0.4, 0.5) is 0 Å². The minimum atomic E-state index is -0.977. The molecule has 0 spiro atoms. The molecule has 1 aromatic heterocycles. The number of Topliss-reactive ketones (excluding diaryl/α,β-unsaturated/α-hetero) is 1. The van der Waals surface area contributed by atoms with Crippen LogP contribution >= 0.6 is 0 Å². The van der Waals surface area contributed by atoms with Gasteiger partial charge in [-0.3, -0.25) is 4.79 Å². The van der Waals surface area contributed by atoms with Crippen LogP contribution in [0.15, 0.2) is 66.7 Å². The number of aromatic carboxylic acids is 1. The number of hydrogen-bond acceptors (Lipinski definition) is 5. The highest BCUT2D eigenvalue weighted by Gasteiger charge is 2.23. The van der Waals surface area contributed by atoms with Crippen molar-refractivity contribution in [3.63, 3.8) is 0 Å². The van der Waals surface area contributed by atoms with Crippen molar-refractivity contribution in [1.29, 1.82) is 0 Å². The number of ether oxygens (including phenoxy) is 2. The first-order valence-electron chi connectivity index (χ1n) is 12.1. The van der Waals surface area contributed by atoms with Crippen molar-refractivity contribution in [2.75, 3.05) is 20.8 Å². The number of aromatic amines is 1. The fourth-order valence-electron chi connectivity index (χ4n) is 4.98. The van der Waals surface area contributed by atoms with Crippen molar-refractivity contribution in [3.8, 4) is 11.5 Å². The van der Waals surface area contributed by atoms with Crippen LogP contribution in [0, 0.1) is 0 Å². The highest BCUT2D eigenvalue weighted by Crippen LogP contribution is 2.40. The van der Waals surface area contributed by atoms with Gasteiger partial charge in [0.25, 0.3) is 0 Å². The standard InChI is InChI=1S/C30H28N2O5/c1-36-20-12-9-18(10-13-20)27(33)17-31-16-26-29(24-14-11-19(30(34)35)15-25(24)32-26)23-7-3-6-22-21(23)5-4-8-28(22)37-2/h4-5,7-15,31-32H,3,6,16-17H2,1-2H3,(H,34,35). The Morgan fingerprint density at radius 3 is 2.51 bits per heavy atom. The molecule has 1 heterocycles. The van der Waals surface area contributed by atoms with E-state index >= 15 is 0 Å². The van der Waals surface area contributed by atoms with Crippen molar-refractivity contribution >= 4 is 28.2 Å². The first-order chi connectivity index (χ1) is 18.0. The lowest BCUT2D eigenvalue weighted by Crippen LogP contribution is -2.23. The van der Waals surface area contributed by atoms with Gasteiger partial charge < -0.3 is 24.9 Å². The molecule has 1 aliphatic carbocycles. The third-order valence-corrected chi connectivity index (χ3v) is 6.78. The fraction of sp³-hybridized carbons (Fsp3) is 0.200. The zero-order valence-electron chi connectivity index (χ0n) is 20.8. The minimum Gasteiger partial charge on any atom is -0.497 e. The van der Waals surface area contributed by atoms with E-state index in [2.05, 4.69) is 22.4 Å². The molecule has 0 bridgehead atoms. The number of rotatable bonds is 9. The third kappa shape index (κ3) is 4.73. The van der Waals surface area contributed by atoms with E-state index in [1.165, 1.54) is 0 Å². The number of benzene rings is 3. The van der Waals surface area contributed by atoms with Crippen LogP contribution in [0.3, 0.4) is 0 Å². The molecule has 7 heteroatoms. The number of H-pyrrole nitrogens is 1. The molecule has 5 rings (SSSR count). The number of nitrogens with one attached hydrogen (secondary N) is 2. The molecule has 1 aliphatic rings. The van der Waals surface area contributed by atoms with Gasteiger partial charge in [0, 0.05) is 39.8 Å². The van der Waals surface area contributed by atoms with Crippen LogP contribution in [0.1, 0.15) is 49.5 Å². The maximum Gasteiger partial charge on any atom is 0.335 e. The van der Waals surface area contributed by atoms with E-state index in [-0.39, 0.29) is 17.9 Å². The van der Waals surface area contributed by atoms with Gasteiger partial charge in [-0.25, -0.2) is 4.79 Å². The number of aromatic nitrogens is 1. The van der Waals surface area contributed by atoms with E-state index in [9.17, 15) is 14.7 Å². The van der Waals surface area contributed by atoms with Gasteiger partial charge in [0.15, 0.2) is 5.78 Å². The van der Waals surface area contributed by atoms with E-state index in [0.717, 1.165) is 57.5 Å². The molecule has 4 aromatic rings. The smallest absolute Gasteiger partial charge is 0.335 e. The van der Waals surface area contributed by atoms with E-state index in [1.54, 1.807) is 50.6 Å². The second-order valence-electron chi connectivity index (χ2n) is 8.94. The zero-order valence-corrected chi connectivity index (χ0v) is 20.8. The highest BCUT2D eigenvalue weighted by atomic mass is 16.5. The lowest BCUT2D eigenvalue weighted by atomic mass is 9.85. The van der Waals surface area contributed by atoms with Gasteiger partial charge in [0.2, 0.25) is 0 Å². The van der Waals surface area contributed by atoms with Gasteiger partial charge in [-0.1, -0.05) is 24.3 Å². The van der Waals surface area contributed by atoms with Gasteiger partial charge in [0.1, 0.15) is 11.5 Å². The Balaban J connectivity index is 1.49. The Kier molecular flexibility index (Phi) is 6.79. The second-order valence-corrected chi connectivity index (χ2v) is 8.94. The summed E-state index contributed by atoms with van der Waals surface area (Å²) in [6.07, 6.45) is 3.98. The Hall–Kier alpha value is -4.36. The Morgan fingerprint density at radius 2 is 1.78 bits per heavy atom. The largest absolute Gasteiger partial charge is 0.497 e. The van der Waals surface area contributed by atoms with E-state index in [0.29, 0.717) is 17.9 Å². The molecule has 7 nitrogen and oxygen atoms in total. The topological polar surface area (TPSA) is 101 Å². The third-order valence-electron chi connectivity index (χ3n) is 6.78. The summed E-state index contributed by atoms with van der Waals surface area (Å²) in [5, 5.41) is 13.7. The maximum absolute atomic E-state index is 12.7. The first kappa shape index (κ1) is 24.3. The first-order valence-corrected chi connectivity index (χ1v) is 12.1. The summed E-state index contributed by atoms with van der Waals surface area (Å²) >= 11 is 0. The lowest BCUT2D eigenvalue weighted by molar-refractivity contribution is 0.0696. The summed E-state index contributed by atoms with van der Waals surface area (Å²) in [4.78, 5) is 27.8. The number of fused-ring (bicyclic) bond motifs is 2. The molecule has 3 N–H and O–H groups in total. The monoisotopic (exact) mass is 496 g/mol. The number of hydrogen-bond donors (Lipinski definition) is 3. The Bertz CT molecular complexity index is 1520. The highest BCUT2D eigenvalue weighted by molar-refractivity contribution is 6.02. The summed E-state index contributed by atoms with van der Waals surface area (Å²) in [5.41, 5.74) is 6.79. The van der Waals surface area contributed by atoms with Gasteiger partial charge >= 0.3 is 5.97 Å². The predicted molar refractivity (Wildman–Crippen MR) is 143 cm³/mol. The molecular weight excluding hydrogens is 468 g/mol. The molecule has 0 atom stereocenters. The van der Waals surface area contributed by atoms with Crippen molar-refractivity contribution in [2.45, 2.75) is 19.4 Å². The zero-order chi connectivity index (χ0) is 25.9. The van der Waals surface area contributed by atoms with Crippen LogP contribution in [-0.4, -0.2) is 42.6 Å². The second kappa shape index (κ2) is 10.3. The van der Waals surface area contributed by atoms with Crippen LogP contribution in [0.5, 0.6) is 11.5 Å². The summed E-state index contributed by atoms with van der Waals surface area (Å²) in [5.74, 6) is 0.557. The molecule has 0 unspecified atom stereocenters. The average Bonchev–Trinajstić information content (AvgIpc) is 3.29. The van der Waals surface area contributed by atoms with Crippen molar-refractivity contribution in [1.82, 2.24) is 10.3 Å². The van der Waals surface area contributed by atoms with Crippen molar-refractivity contribution in [2.24, 2.45) is 0 Å². The van der Waals surface area contributed by atoms with Crippen LogP contribution in [0.2, 0.25) is 0 Å². The summed E-state index contributed by atoms with van der Waals surface area (Å²) in [7, 11) is 3.27. The summed E-state index contributed by atoms with van der Waals surface area (Å²) < 4.78 is 10.8. The molecule has 0 radical (unpaired) electrons. The van der Waals surface area contributed by atoms with E-state index in [4.69, 9.17) is 9.47 Å².